The van der Waals surface area contributed by atoms with Crippen LogP contribution < -0.4 is 4.72 Å². The first-order valence-electron chi connectivity index (χ1n) is 4.42. The number of Topliss-reactive ketones (excluding diaryl/α,β-unsaturated/α-hetero) is 1. The zero-order chi connectivity index (χ0) is 10.3. The van der Waals surface area contributed by atoms with Crippen LogP contribution in [0.3, 0.4) is 0 Å². The highest BCUT2D eigenvalue weighted by Crippen LogP contribution is 1.98. The van der Waals surface area contributed by atoms with E-state index in [1.54, 1.807) is 0 Å². The van der Waals surface area contributed by atoms with Crippen molar-refractivity contribution in [1.82, 2.24) is 4.72 Å². The summed E-state index contributed by atoms with van der Waals surface area (Å²) >= 11 is 0. The van der Waals surface area contributed by atoms with Crippen molar-refractivity contribution in [2.24, 2.45) is 0 Å². The maximum absolute atomic E-state index is 11.0. The van der Waals surface area contributed by atoms with E-state index in [1.165, 1.54) is 0 Å². The van der Waals surface area contributed by atoms with Crippen LogP contribution in [0.25, 0.3) is 0 Å². The molecule has 0 rings (SSSR count). The molecule has 5 heteroatoms. The van der Waals surface area contributed by atoms with E-state index in [0.717, 1.165) is 25.5 Å². The first-order valence-corrected chi connectivity index (χ1v) is 6.31. The minimum atomic E-state index is -3.22. The molecule has 0 bridgehead atoms. The number of rotatable bonds is 7. The molecule has 0 fully saturated rings. The molecule has 0 saturated heterocycles. The quantitative estimate of drug-likeness (QED) is 0.625. The van der Waals surface area contributed by atoms with E-state index in [4.69, 9.17) is 0 Å². The van der Waals surface area contributed by atoms with Crippen LogP contribution in [0.15, 0.2) is 0 Å². The molecule has 0 radical (unpaired) electrons. The van der Waals surface area contributed by atoms with Crippen molar-refractivity contribution in [3.8, 4) is 0 Å². The number of carbonyl (C=O) groups is 1. The second kappa shape index (κ2) is 6.10. The van der Waals surface area contributed by atoms with Gasteiger partial charge in [-0.3, -0.25) is 4.79 Å². The lowest BCUT2D eigenvalue weighted by Gasteiger charge is -2.00. The molecule has 13 heavy (non-hydrogen) atoms. The number of sulfonamides is 1. The summed E-state index contributed by atoms with van der Waals surface area (Å²) in [6.07, 6.45) is 4.45. The number of nitrogens with one attached hydrogen (secondary N) is 1. The molecular weight excluding hydrogens is 190 g/mol. The van der Waals surface area contributed by atoms with Gasteiger partial charge in [-0.2, -0.15) is 0 Å². The van der Waals surface area contributed by atoms with Crippen molar-refractivity contribution in [1.29, 1.82) is 0 Å². The fraction of sp³-hybridized carbons (Fsp3) is 0.875. The second-order valence-corrected chi connectivity index (χ2v) is 4.92. The van der Waals surface area contributed by atoms with Gasteiger partial charge < -0.3 is 0 Å². The number of hydrogen-bond acceptors (Lipinski definition) is 3. The summed E-state index contributed by atoms with van der Waals surface area (Å²) in [6, 6.07) is 0. The molecule has 1 N–H and O–H groups in total. The van der Waals surface area contributed by atoms with E-state index in [1.807, 2.05) is 0 Å². The average molecular weight is 207 g/mol. The van der Waals surface area contributed by atoms with Crippen molar-refractivity contribution < 1.29 is 13.2 Å². The van der Waals surface area contributed by atoms with Gasteiger partial charge in [0.1, 0.15) is 5.78 Å². The molecular formula is C8H17NO3S. The molecule has 0 aliphatic heterocycles. The van der Waals surface area contributed by atoms with Gasteiger partial charge >= 0.3 is 0 Å². The van der Waals surface area contributed by atoms with Crippen LogP contribution in [0, 0.1) is 0 Å². The minimum absolute atomic E-state index is 0.0427. The summed E-state index contributed by atoms with van der Waals surface area (Å²) in [5.41, 5.74) is 0. The Morgan fingerprint density at radius 1 is 1.31 bits per heavy atom. The lowest BCUT2D eigenvalue weighted by molar-refractivity contribution is -0.118. The van der Waals surface area contributed by atoms with Crippen molar-refractivity contribution in [2.45, 2.75) is 32.6 Å². The lowest BCUT2D eigenvalue weighted by Crippen LogP contribution is -2.28. The Kier molecular flexibility index (Phi) is 5.90. The van der Waals surface area contributed by atoms with Crippen LogP contribution in [0.1, 0.15) is 32.6 Å². The van der Waals surface area contributed by atoms with Crippen LogP contribution in [-0.4, -0.2) is 27.0 Å². The molecule has 0 aromatic heterocycles. The largest absolute Gasteiger partial charge is 0.298 e. The van der Waals surface area contributed by atoms with Crippen molar-refractivity contribution in [3.05, 3.63) is 0 Å². The van der Waals surface area contributed by atoms with E-state index in [2.05, 4.69) is 11.6 Å². The third-order valence-corrected chi connectivity index (χ3v) is 2.26. The first kappa shape index (κ1) is 12.6. The molecule has 0 unspecified atom stereocenters. The minimum Gasteiger partial charge on any atom is -0.298 e. The normalized spacial score (nSPS) is 11.5. The first-order chi connectivity index (χ1) is 5.95. The molecule has 0 amide bonds. The van der Waals surface area contributed by atoms with Crippen LogP contribution in [0.2, 0.25) is 0 Å². The molecule has 0 saturated carbocycles. The predicted octanol–water partition coefficient (Wildman–Crippen LogP) is 0.685. The highest BCUT2D eigenvalue weighted by atomic mass is 32.2. The third kappa shape index (κ3) is 9.49. The summed E-state index contributed by atoms with van der Waals surface area (Å²) in [4.78, 5) is 11.0. The highest BCUT2D eigenvalue weighted by molar-refractivity contribution is 7.88. The Balaban J connectivity index is 3.53. The highest BCUT2D eigenvalue weighted by Gasteiger charge is 2.05. The van der Waals surface area contributed by atoms with E-state index in [9.17, 15) is 13.2 Å². The van der Waals surface area contributed by atoms with Gasteiger partial charge in [-0.1, -0.05) is 19.8 Å². The van der Waals surface area contributed by atoms with Gasteiger partial charge in [0.15, 0.2) is 0 Å². The summed E-state index contributed by atoms with van der Waals surface area (Å²) in [7, 11) is -3.22. The van der Waals surface area contributed by atoms with E-state index in [0.29, 0.717) is 6.42 Å². The Morgan fingerprint density at radius 2 is 1.92 bits per heavy atom. The van der Waals surface area contributed by atoms with Crippen LogP contribution >= 0.6 is 0 Å². The third-order valence-electron chi connectivity index (χ3n) is 1.59. The van der Waals surface area contributed by atoms with Crippen LogP contribution in [-0.2, 0) is 14.8 Å². The van der Waals surface area contributed by atoms with Crippen molar-refractivity contribution in [3.63, 3.8) is 0 Å². The molecule has 0 atom stereocenters. The van der Waals surface area contributed by atoms with Gasteiger partial charge in [0.05, 0.1) is 12.8 Å². The standard InChI is InChI=1S/C8H17NO3S/c1-3-4-5-6-8(10)7-9-13(2,11)12/h9H,3-7H2,1-2H3. The monoisotopic (exact) mass is 207 g/mol. The summed E-state index contributed by atoms with van der Waals surface area (Å²) in [5, 5.41) is 0. The molecule has 0 aromatic rings. The van der Waals surface area contributed by atoms with Crippen LogP contribution in [0.4, 0.5) is 0 Å². The van der Waals surface area contributed by atoms with E-state index < -0.39 is 10.0 Å². The van der Waals surface area contributed by atoms with Crippen LogP contribution in [0.5, 0.6) is 0 Å². The molecule has 0 heterocycles. The Hall–Kier alpha value is -0.420. The topological polar surface area (TPSA) is 63.2 Å². The van der Waals surface area contributed by atoms with Gasteiger partial charge in [0.25, 0.3) is 0 Å². The SMILES string of the molecule is CCCCCC(=O)CNS(C)(=O)=O. The zero-order valence-electron chi connectivity index (χ0n) is 8.17. The van der Waals surface area contributed by atoms with Gasteiger partial charge in [0.2, 0.25) is 10.0 Å². The Bertz CT molecular complexity index is 246. The Morgan fingerprint density at radius 3 is 2.38 bits per heavy atom. The maximum atomic E-state index is 11.0. The number of unbranched alkanes of at least 4 members (excludes halogenated alkanes) is 2. The number of ketones is 1. The van der Waals surface area contributed by atoms with E-state index in [-0.39, 0.29) is 12.3 Å². The predicted molar refractivity (Wildman–Crippen MR) is 52.0 cm³/mol. The van der Waals surface area contributed by atoms with Gasteiger partial charge in [-0.05, 0) is 6.42 Å². The summed E-state index contributed by atoms with van der Waals surface area (Å²) < 4.78 is 23.4. The smallest absolute Gasteiger partial charge is 0.209 e. The fourth-order valence-electron chi connectivity index (χ4n) is 0.872. The molecule has 0 aliphatic rings. The Labute approximate surface area is 79.8 Å². The number of hydrogen-bond donors (Lipinski definition) is 1. The van der Waals surface area contributed by atoms with Gasteiger partial charge in [-0.15, -0.1) is 0 Å². The molecule has 4 nitrogen and oxygen atoms in total. The number of carbonyl (C=O) groups excluding carboxylic acids is 1. The molecule has 78 valence electrons. The summed E-state index contributed by atoms with van der Waals surface area (Å²) in [5.74, 6) is -0.0427. The molecule has 0 aromatic carbocycles. The maximum Gasteiger partial charge on any atom is 0.209 e. The van der Waals surface area contributed by atoms with Gasteiger partial charge in [0, 0.05) is 6.42 Å². The van der Waals surface area contributed by atoms with Crippen molar-refractivity contribution in [2.75, 3.05) is 12.8 Å². The lowest BCUT2D eigenvalue weighted by atomic mass is 10.1. The van der Waals surface area contributed by atoms with Crippen molar-refractivity contribution >= 4 is 15.8 Å². The molecule has 0 aliphatic carbocycles. The second-order valence-electron chi connectivity index (χ2n) is 3.09. The van der Waals surface area contributed by atoms with Gasteiger partial charge in [-0.25, -0.2) is 13.1 Å². The van der Waals surface area contributed by atoms with E-state index >= 15 is 0 Å². The zero-order valence-corrected chi connectivity index (χ0v) is 8.99. The summed E-state index contributed by atoms with van der Waals surface area (Å²) in [6.45, 7) is 1.99. The fourth-order valence-corrected chi connectivity index (χ4v) is 1.30. The average Bonchev–Trinajstić information content (AvgIpc) is 2.00. The molecule has 0 spiro atoms.